The zero-order chi connectivity index (χ0) is 22.1. The molecule has 0 spiro atoms. The van der Waals surface area contributed by atoms with Crippen molar-refractivity contribution in [1.82, 2.24) is 0 Å². The van der Waals surface area contributed by atoms with Crippen LogP contribution in [0.15, 0.2) is 78.4 Å². The lowest BCUT2D eigenvalue weighted by molar-refractivity contribution is -0.132. The van der Waals surface area contributed by atoms with Crippen molar-refractivity contribution in [3.8, 4) is 11.5 Å². The number of aliphatic hydroxyl groups excluding tert-OH is 1. The summed E-state index contributed by atoms with van der Waals surface area (Å²) in [6.07, 6.45) is 0. The summed E-state index contributed by atoms with van der Waals surface area (Å²) in [5.41, 5.74) is 0.603. The van der Waals surface area contributed by atoms with Crippen LogP contribution >= 0.6 is 0 Å². The number of ketones is 1. The summed E-state index contributed by atoms with van der Waals surface area (Å²) in [5, 5.41) is 21.4. The number of para-hydroxylation sites is 2. The number of amides is 1. The summed E-state index contributed by atoms with van der Waals surface area (Å²) < 4.78 is 18.7. The van der Waals surface area contributed by atoms with Crippen molar-refractivity contribution in [2.45, 2.75) is 6.04 Å². The van der Waals surface area contributed by atoms with Crippen LogP contribution in [-0.2, 0) is 9.59 Å². The van der Waals surface area contributed by atoms with E-state index in [2.05, 4.69) is 0 Å². The first-order chi connectivity index (χ1) is 14.9. The Morgan fingerprint density at radius 1 is 1.00 bits per heavy atom. The average molecular weight is 419 g/mol. The number of hydrogen-bond donors (Lipinski definition) is 2. The van der Waals surface area contributed by atoms with E-state index in [0.29, 0.717) is 11.3 Å². The molecule has 0 saturated carbocycles. The van der Waals surface area contributed by atoms with E-state index in [9.17, 15) is 24.2 Å². The second-order valence-corrected chi connectivity index (χ2v) is 6.94. The number of phenolic OH excluding ortho intramolecular Hbond substituents is 1. The van der Waals surface area contributed by atoms with Crippen LogP contribution in [0, 0.1) is 5.82 Å². The molecule has 3 aromatic carbocycles. The Labute approximate surface area is 177 Å². The molecule has 7 heteroatoms. The number of aliphatic hydroxyl groups is 1. The number of carbonyl (C=O) groups excluding carboxylic acids is 2. The Hall–Kier alpha value is -4.13. The Balaban J connectivity index is 1.96. The van der Waals surface area contributed by atoms with Gasteiger partial charge in [-0.25, -0.2) is 4.39 Å². The van der Waals surface area contributed by atoms with Crippen molar-refractivity contribution in [2.24, 2.45) is 0 Å². The maximum atomic E-state index is 13.6. The minimum atomic E-state index is -1.07. The molecule has 0 bridgehead atoms. The molecule has 6 nitrogen and oxygen atoms in total. The van der Waals surface area contributed by atoms with Crippen LogP contribution in [0.2, 0.25) is 0 Å². The Bertz CT molecular complexity index is 1200. The molecule has 2 N–H and O–H groups in total. The van der Waals surface area contributed by atoms with E-state index in [1.807, 2.05) is 0 Å². The van der Waals surface area contributed by atoms with Gasteiger partial charge in [-0.3, -0.25) is 14.5 Å². The second-order valence-electron chi connectivity index (χ2n) is 6.94. The third-order valence-electron chi connectivity index (χ3n) is 5.11. The van der Waals surface area contributed by atoms with Crippen LogP contribution in [0.3, 0.4) is 0 Å². The topological polar surface area (TPSA) is 87.1 Å². The smallest absolute Gasteiger partial charge is 0.300 e. The number of methoxy groups -OCH3 is 1. The van der Waals surface area contributed by atoms with Gasteiger partial charge in [0.05, 0.1) is 24.4 Å². The van der Waals surface area contributed by atoms with E-state index in [-0.39, 0.29) is 22.6 Å². The molecule has 1 fully saturated rings. The minimum Gasteiger partial charge on any atom is -0.507 e. The number of phenols is 1. The van der Waals surface area contributed by atoms with Crippen LogP contribution in [-0.4, -0.2) is 29.0 Å². The SMILES string of the molecule is COc1cccc(/C(O)=C2\C(=O)C(=O)N(c3ccccc3O)C2c2ccc(F)cc2)c1. The van der Waals surface area contributed by atoms with Gasteiger partial charge in [-0.2, -0.15) is 0 Å². The van der Waals surface area contributed by atoms with Gasteiger partial charge in [-0.05, 0) is 42.0 Å². The Morgan fingerprint density at radius 3 is 2.39 bits per heavy atom. The van der Waals surface area contributed by atoms with Crippen LogP contribution in [0.4, 0.5) is 10.1 Å². The van der Waals surface area contributed by atoms with Crippen molar-refractivity contribution in [2.75, 3.05) is 12.0 Å². The number of benzene rings is 3. The standard InChI is InChI=1S/C24H18FNO5/c1-31-17-6-4-5-15(13-17)22(28)20-21(14-9-11-16(25)12-10-14)26(24(30)23(20)29)18-7-2-3-8-19(18)27/h2-13,21,27-28H,1H3/b22-20+. The molecule has 3 aromatic rings. The zero-order valence-electron chi connectivity index (χ0n) is 16.4. The van der Waals surface area contributed by atoms with E-state index in [1.165, 1.54) is 49.6 Å². The third kappa shape index (κ3) is 3.50. The molecule has 1 saturated heterocycles. The number of anilines is 1. The van der Waals surface area contributed by atoms with Gasteiger partial charge >= 0.3 is 0 Å². The van der Waals surface area contributed by atoms with Crippen LogP contribution < -0.4 is 9.64 Å². The Kier molecular flexibility index (Phi) is 5.17. The number of aromatic hydroxyl groups is 1. The molecule has 1 unspecified atom stereocenters. The predicted molar refractivity (Wildman–Crippen MR) is 112 cm³/mol. The van der Waals surface area contributed by atoms with Crippen molar-refractivity contribution < 1.29 is 28.9 Å². The number of nitrogens with zero attached hydrogens (tertiary/aromatic N) is 1. The molecule has 1 aliphatic rings. The first-order valence-electron chi connectivity index (χ1n) is 9.41. The summed E-state index contributed by atoms with van der Waals surface area (Å²) in [4.78, 5) is 27.1. The third-order valence-corrected chi connectivity index (χ3v) is 5.11. The first kappa shape index (κ1) is 20.2. The number of hydrogen-bond acceptors (Lipinski definition) is 5. The predicted octanol–water partition coefficient (Wildman–Crippen LogP) is 4.17. The summed E-state index contributed by atoms with van der Waals surface area (Å²) in [7, 11) is 1.47. The molecular weight excluding hydrogens is 401 g/mol. The average Bonchev–Trinajstić information content (AvgIpc) is 3.05. The maximum Gasteiger partial charge on any atom is 0.300 e. The summed E-state index contributed by atoms with van der Waals surface area (Å²) in [6.45, 7) is 0. The van der Waals surface area contributed by atoms with E-state index in [1.54, 1.807) is 30.3 Å². The fourth-order valence-electron chi connectivity index (χ4n) is 3.64. The van der Waals surface area contributed by atoms with Gasteiger partial charge in [0.1, 0.15) is 23.1 Å². The molecule has 156 valence electrons. The van der Waals surface area contributed by atoms with Gasteiger partial charge in [0.25, 0.3) is 11.7 Å². The molecule has 1 heterocycles. The van der Waals surface area contributed by atoms with Gasteiger partial charge in [-0.15, -0.1) is 0 Å². The summed E-state index contributed by atoms with van der Waals surface area (Å²) in [6, 6.07) is 16.7. The largest absolute Gasteiger partial charge is 0.507 e. The molecule has 1 aliphatic heterocycles. The molecule has 1 amide bonds. The lowest BCUT2D eigenvalue weighted by Gasteiger charge is -2.26. The highest BCUT2D eigenvalue weighted by Crippen LogP contribution is 2.44. The number of rotatable bonds is 4. The van der Waals surface area contributed by atoms with Crippen molar-refractivity contribution in [3.63, 3.8) is 0 Å². The summed E-state index contributed by atoms with van der Waals surface area (Å²) >= 11 is 0. The molecule has 31 heavy (non-hydrogen) atoms. The van der Waals surface area contributed by atoms with Crippen LogP contribution in [0.5, 0.6) is 11.5 Å². The molecule has 1 atom stereocenters. The van der Waals surface area contributed by atoms with Gasteiger partial charge in [0.2, 0.25) is 0 Å². The molecular formula is C24H18FNO5. The zero-order valence-corrected chi connectivity index (χ0v) is 16.4. The number of carbonyl (C=O) groups is 2. The first-order valence-corrected chi connectivity index (χ1v) is 9.41. The molecule has 0 aliphatic carbocycles. The van der Waals surface area contributed by atoms with Gasteiger partial charge in [-0.1, -0.05) is 36.4 Å². The van der Waals surface area contributed by atoms with E-state index >= 15 is 0 Å². The highest BCUT2D eigenvalue weighted by atomic mass is 19.1. The number of Topliss-reactive ketones (excluding diaryl/α,β-unsaturated/α-hetero) is 1. The quantitative estimate of drug-likeness (QED) is 0.377. The van der Waals surface area contributed by atoms with E-state index < -0.39 is 29.3 Å². The van der Waals surface area contributed by atoms with Gasteiger partial charge < -0.3 is 14.9 Å². The molecule has 4 rings (SSSR count). The molecule has 0 radical (unpaired) electrons. The number of halogens is 1. The number of ether oxygens (including phenoxy) is 1. The normalized spacial score (nSPS) is 17.7. The summed E-state index contributed by atoms with van der Waals surface area (Å²) in [5.74, 6) is -2.48. The fraction of sp³-hybridized carbons (Fsp3) is 0.0833. The van der Waals surface area contributed by atoms with E-state index in [0.717, 1.165) is 4.90 Å². The van der Waals surface area contributed by atoms with E-state index in [4.69, 9.17) is 4.74 Å². The highest BCUT2D eigenvalue weighted by Gasteiger charge is 2.47. The minimum absolute atomic E-state index is 0.101. The molecule has 0 aromatic heterocycles. The maximum absolute atomic E-state index is 13.6. The lowest BCUT2D eigenvalue weighted by Crippen LogP contribution is -2.29. The fourth-order valence-corrected chi connectivity index (χ4v) is 3.64. The van der Waals surface area contributed by atoms with Crippen molar-refractivity contribution in [1.29, 1.82) is 0 Å². The monoisotopic (exact) mass is 419 g/mol. The lowest BCUT2D eigenvalue weighted by atomic mass is 9.95. The van der Waals surface area contributed by atoms with Gasteiger partial charge in [0, 0.05) is 5.56 Å². The van der Waals surface area contributed by atoms with Crippen molar-refractivity contribution in [3.05, 3.63) is 95.3 Å². The van der Waals surface area contributed by atoms with Gasteiger partial charge in [0.15, 0.2) is 0 Å². The highest BCUT2D eigenvalue weighted by molar-refractivity contribution is 6.51. The van der Waals surface area contributed by atoms with Crippen LogP contribution in [0.1, 0.15) is 17.2 Å². The van der Waals surface area contributed by atoms with Crippen LogP contribution in [0.25, 0.3) is 5.76 Å². The van der Waals surface area contributed by atoms with Crippen molar-refractivity contribution >= 4 is 23.1 Å². The second kappa shape index (κ2) is 7.95. The Morgan fingerprint density at radius 2 is 1.71 bits per heavy atom.